The van der Waals surface area contributed by atoms with Crippen LogP contribution in [0, 0.1) is 0 Å². The van der Waals surface area contributed by atoms with Gasteiger partial charge in [-0.05, 0) is 47.4 Å². The Morgan fingerprint density at radius 2 is 1.81 bits per heavy atom. The molecule has 2 N–H and O–H groups in total. The minimum absolute atomic E-state index is 0.0158. The van der Waals surface area contributed by atoms with Gasteiger partial charge in [0, 0.05) is 18.1 Å². The molecule has 1 aliphatic heterocycles. The summed E-state index contributed by atoms with van der Waals surface area (Å²) in [6, 6.07) is 13.5. The van der Waals surface area contributed by atoms with Crippen molar-refractivity contribution in [3.05, 3.63) is 64.7 Å². The van der Waals surface area contributed by atoms with Crippen LogP contribution in [0.4, 0.5) is 0 Å². The summed E-state index contributed by atoms with van der Waals surface area (Å²) in [5, 5.41) is 5.75. The number of rotatable bonds is 5. The molecule has 1 aliphatic rings. The number of nitrogens with zero attached hydrogens (tertiary/aromatic N) is 1. The molecular formula is C19H19ClN2O3S. The molecule has 2 aromatic rings. The number of primary sulfonamides is 1. The fraction of sp³-hybridized carbons (Fsp3) is 0.211. The van der Waals surface area contributed by atoms with Gasteiger partial charge in [0.15, 0.2) is 0 Å². The number of sulfonamides is 1. The van der Waals surface area contributed by atoms with Crippen molar-refractivity contribution in [2.75, 3.05) is 13.1 Å². The Labute approximate surface area is 158 Å². The molecule has 0 bridgehead atoms. The summed E-state index contributed by atoms with van der Waals surface area (Å²) < 4.78 is 22.9. The molecule has 7 heteroatoms. The fourth-order valence-corrected chi connectivity index (χ4v) is 3.81. The van der Waals surface area contributed by atoms with Gasteiger partial charge in [-0.1, -0.05) is 42.8 Å². The van der Waals surface area contributed by atoms with Crippen molar-refractivity contribution in [3.63, 3.8) is 0 Å². The largest absolute Gasteiger partial charge is 0.334 e. The fourth-order valence-electron chi connectivity index (χ4n) is 3.10. The SMILES string of the molecule is CCCN1CC(c2cccc(Cl)c2)=C(c2ccc(S(N)(=O)=O)cc2)C1=O. The Morgan fingerprint density at radius 1 is 1.12 bits per heavy atom. The molecule has 1 amide bonds. The van der Waals surface area contributed by atoms with Crippen LogP contribution in [0.5, 0.6) is 0 Å². The molecule has 0 atom stereocenters. The third-order valence-electron chi connectivity index (χ3n) is 4.29. The lowest BCUT2D eigenvalue weighted by Crippen LogP contribution is -2.27. The maximum Gasteiger partial charge on any atom is 0.255 e. The second kappa shape index (κ2) is 7.23. The third-order valence-corrected chi connectivity index (χ3v) is 5.45. The van der Waals surface area contributed by atoms with Crippen molar-refractivity contribution in [3.8, 4) is 0 Å². The summed E-state index contributed by atoms with van der Waals surface area (Å²) >= 11 is 6.12. The molecule has 0 aromatic heterocycles. The average Bonchev–Trinajstić information content (AvgIpc) is 2.91. The predicted molar refractivity (Wildman–Crippen MR) is 103 cm³/mol. The molecule has 3 rings (SSSR count). The van der Waals surface area contributed by atoms with Gasteiger partial charge < -0.3 is 4.90 Å². The van der Waals surface area contributed by atoms with E-state index < -0.39 is 10.0 Å². The van der Waals surface area contributed by atoms with Crippen molar-refractivity contribution in [1.29, 1.82) is 0 Å². The second-order valence-electron chi connectivity index (χ2n) is 6.16. The zero-order valence-corrected chi connectivity index (χ0v) is 15.8. The van der Waals surface area contributed by atoms with E-state index in [1.807, 2.05) is 25.1 Å². The van der Waals surface area contributed by atoms with Crippen molar-refractivity contribution in [1.82, 2.24) is 4.90 Å². The zero-order chi connectivity index (χ0) is 18.9. The Hall–Kier alpha value is -2.15. The van der Waals surface area contributed by atoms with Gasteiger partial charge in [-0.3, -0.25) is 4.79 Å². The van der Waals surface area contributed by atoms with Crippen molar-refractivity contribution in [2.24, 2.45) is 5.14 Å². The lowest BCUT2D eigenvalue weighted by atomic mass is 9.97. The number of benzene rings is 2. The van der Waals surface area contributed by atoms with E-state index >= 15 is 0 Å². The number of hydrogen-bond donors (Lipinski definition) is 1. The summed E-state index contributed by atoms with van der Waals surface area (Å²) in [5.74, 6) is -0.0646. The minimum Gasteiger partial charge on any atom is -0.334 e. The number of nitrogens with two attached hydrogens (primary N) is 1. The summed E-state index contributed by atoms with van der Waals surface area (Å²) in [4.78, 5) is 14.7. The maximum absolute atomic E-state index is 12.9. The third kappa shape index (κ3) is 3.67. The van der Waals surface area contributed by atoms with Crippen LogP contribution in [-0.4, -0.2) is 32.3 Å². The van der Waals surface area contributed by atoms with Crippen LogP contribution in [0.25, 0.3) is 11.1 Å². The van der Waals surface area contributed by atoms with Gasteiger partial charge in [0.1, 0.15) is 0 Å². The summed E-state index contributed by atoms with van der Waals surface area (Å²) in [7, 11) is -3.78. The van der Waals surface area contributed by atoms with Gasteiger partial charge in [0.25, 0.3) is 5.91 Å². The van der Waals surface area contributed by atoms with E-state index in [0.29, 0.717) is 29.2 Å². The summed E-state index contributed by atoms with van der Waals surface area (Å²) in [5.41, 5.74) is 3.00. The normalized spacial score (nSPS) is 15.0. The summed E-state index contributed by atoms with van der Waals surface area (Å²) in [6.07, 6.45) is 0.853. The minimum atomic E-state index is -3.78. The Morgan fingerprint density at radius 3 is 2.38 bits per heavy atom. The molecule has 0 saturated heterocycles. The van der Waals surface area contributed by atoms with E-state index in [1.165, 1.54) is 12.1 Å². The standard InChI is InChI=1S/C19H19ClN2O3S/c1-2-10-22-12-17(14-4-3-5-15(20)11-14)18(19(22)23)13-6-8-16(9-7-13)26(21,24)25/h3-9,11H,2,10,12H2,1H3,(H2,21,24,25). The maximum atomic E-state index is 12.9. The van der Waals surface area contributed by atoms with Gasteiger partial charge in [-0.25, -0.2) is 13.6 Å². The Kier molecular flexibility index (Phi) is 5.18. The van der Waals surface area contributed by atoms with Gasteiger partial charge in [-0.2, -0.15) is 0 Å². The van der Waals surface area contributed by atoms with Gasteiger partial charge in [0.2, 0.25) is 10.0 Å². The molecule has 0 aliphatic carbocycles. The molecule has 0 spiro atoms. The van der Waals surface area contributed by atoms with Crippen LogP contribution in [0.3, 0.4) is 0 Å². The molecule has 0 radical (unpaired) electrons. The second-order valence-corrected chi connectivity index (χ2v) is 8.16. The van der Waals surface area contributed by atoms with Crippen LogP contribution >= 0.6 is 11.6 Å². The molecule has 5 nitrogen and oxygen atoms in total. The first kappa shape index (κ1) is 18.6. The van der Waals surface area contributed by atoms with Crippen LogP contribution in [0.2, 0.25) is 5.02 Å². The average molecular weight is 391 g/mol. The zero-order valence-electron chi connectivity index (χ0n) is 14.3. The quantitative estimate of drug-likeness (QED) is 0.851. The lowest BCUT2D eigenvalue weighted by Gasteiger charge is -2.15. The van der Waals surface area contributed by atoms with Crippen LogP contribution in [-0.2, 0) is 14.8 Å². The van der Waals surface area contributed by atoms with Crippen molar-refractivity contribution >= 4 is 38.7 Å². The first-order valence-corrected chi connectivity index (χ1v) is 10.2. The molecule has 0 fully saturated rings. The van der Waals surface area contributed by atoms with E-state index in [0.717, 1.165) is 17.6 Å². The van der Waals surface area contributed by atoms with Crippen LogP contribution < -0.4 is 5.14 Å². The van der Waals surface area contributed by atoms with E-state index in [2.05, 4.69) is 0 Å². The molecular weight excluding hydrogens is 372 g/mol. The first-order chi connectivity index (χ1) is 12.3. The molecule has 2 aromatic carbocycles. The van der Waals surface area contributed by atoms with Crippen LogP contribution in [0.15, 0.2) is 53.4 Å². The Balaban J connectivity index is 2.11. The van der Waals surface area contributed by atoms with Crippen LogP contribution in [0.1, 0.15) is 24.5 Å². The van der Waals surface area contributed by atoms with E-state index in [9.17, 15) is 13.2 Å². The molecule has 0 unspecified atom stereocenters. The van der Waals surface area contributed by atoms with E-state index in [1.54, 1.807) is 23.1 Å². The highest BCUT2D eigenvalue weighted by molar-refractivity contribution is 7.89. The molecule has 136 valence electrons. The highest BCUT2D eigenvalue weighted by Crippen LogP contribution is 2.35. The summed E-state index contributed by atoms with van der Waals surface area (Å²) in [6.45, 7) is 3.17. The van der Waals surface area contributed by atoms with E-state index in [-0.39, 0.29) is 10.8 Å². The van der Waals surface area contributed by atoms with Gasteiger partial charge >= 0.3 is 0 Å². The molecule has 1 heterocycles. The highest BCUT2D eigenvalue weighted by atomic mass is 35.5. The topological polar surface area (TPSA) is 80.5 Å². The lowest BCUT2D eigenvalue weighted by molar-refractivity contribution is -0.123. The predicted octanol–water partition coefficient (Wildman–Crippen LogP) is 3.15. The van der Waals surface area contributed by atoms with Crippen molar-refractivity contribution < 1.29 is 13.2 Å². The number of hydrogen-bond acceptors (Lipinski definition) is 3. The number of carbonyl (C=O) groups excluding carboxylic acids is 1. The highest BCUT2D eigenvalue weighted by Gasteiger charge is 2.31. The number of carbonyl (C=O) groups is 1. The van der Waals surface area contributed by atoms with E-state index in [4.69, 9.17) is 16.7 Å². The smallest absolute Gasteiger partial charge is 0.255 e. The van der Waals surface area contributed by atoms with Gasteiger partial charge in [0.05, 0.1) is 10.5 Å². The van der Waals surface area contributed by atoms with Crippen molar-refractivity contribution in [2.45, 2.75) is 18.2 Å². The first-order valence-electron chi connectivity index (χ1n) is 8.23. The number of amides is 1. The number of halogens is 1. The molecule has 26 heavy (non-hydrogen) atoms. The molecule has 0 saturated carbocycles. The van der Waals surface area contributed by atoms with Gasteiger partial charge in [-0.15, -0.1) is 0 Å². The Bertz CT molecular complexity index is 982. The monoisotopic (exact) mass is 390 g/mol.